The molecule has 0 fully saturated rings. The Bertz CT molecular complexity index is 172. The third-order valence-corrected chi connectivity index (χ3v) is 0.366. The van der Waals surface area contributed by atoms with E-state index in [0.717, 1.165) is 0 Å². The van der Waals surface area contributed by atoms with Crippen molar-refractivity contribution in [1.29, 1.82) is 0 Å². The van der Waals surface area contributed by atoms with Crippen LogP contribution in [0, 0.1) is 39.9 Å². The molecule has 0 atom stereocenters. The van der Waals surface area contributed by atoms with Gasteiger partial charge in [0.2, 0.25) is 0 Å². The zero-order valence-electron chi connectivity index (χ0n) is 5.92. The molecule has 0 aromatic heterocycles. The predicted molar refractivity (Wildman–Crippen MR) is 30.5 cm³/mol. The van der Waals surface area contributed by atoms with Crippen LogP contribution in [0.4, 0.5) is 0 Å². The van der Waals surface area contributed by atoms with Gasteiger partial charge in [-0.05, 0) is 0 Å². The second kappa shape index (κ2) is 9.29. The number of carboxylic acids is 4. The number of hydrogen-bond acceptors (Lipinski definition) is 4. The van der Waals surface area contributed by atoms with Crippen LogP contribution in [0.5, 0.6) is 0 Å². The van der Waals surface area contributed by atoms with E-state index in [4.69, 9.17) is 39.6 Å². The van der Waals surface area contributed by atoms with E-state index in [1.165, 1.54) is 0 Å². The number of carboxylic acid groups (broad SMARTS) is 4. The molecule has 0 bridgehead atoms. The van der Waals surface area contributed by atoms with Crippen molar-refractivity contribution < 1.29 is 79.5 Å². The average Bonchev–Trinajstić information content (AvgIpc) is 1.88. The molecule has 0 heterocycles. The van der Waals surface area contributed by atoms with Crippen molar-refractivity contribution in [2.45, 2.75) is 0 Å². The SMILES string of the molecule is O=C(O)C(=O)O.O=C(O)C(=O)O.[Th]. The Morgan fingerprint density at radius 2 is 0.615 bits per heavy atom. The van der Waals surface area contributed by atoms with Crippen LogP contribution in [0.25, 0.3) is 0 Å². The maximum absolute atomic E-state index is 9.10. The molecule has 0 unspecified atom stereocenters. The molecule has 0 spiro atoms. The molecule has 0 saturated carbocycles. The zero-order chi connectivity index (χ0) is 10.3. The fraction of sp³-hybridized carbons (Fsp3) is 0. The summed E-state index contributed by atoms with van der Waals surface area (Å²) in [5, 5.41) is 29.6. The van der Waals surface area contributed by atoms with Crippen molar-refractivity contribution in [3.8, 4) is 0 Å². The summed E-state index contributed by atoms with van der Waals surface area (Å²) in [5.74, 6) is -7.30. The quantitative estimate of drug-likeness (QED) is 0.345. The maximum Gasteiger partial charge on any atom is 0.414 e. The molecule has 0 aliphatic heterocycles. The smallest absolute Gasteiger partial charge is 0.414 e. The molecule has 9 heteroatoms. The molecular formula is C4H4O8Th. The van der Waals surface area contributed by atoms with Gasteiger partial charge in [-0.25, -0.2) is 19.2 Å². The molecule has 0 rings (SSSR count). The summed E-state index contributed by atoms with van der Waals surface area (Å²) >= 11 is 0. The molecule has 4 N–H and O–H groups in total. The first kappa shape index (κ1) is 18.1. The summed E-state index contributed by atoms with van der Waals surface area (Å²) in [6.07, 6.45) is 0. The van der Waals surface area contributed by atoms with Crippen molar-refractivity contribution in [1.82, 2.24) is 0 Å². The summed E-state index contributed by atoms with van der Waals surface area (Å²) < 4.78 is 0. The normalized spacial score (nSPS) is 6.77. The van der Waals surface area contributed by atoms with E-state index in [2.05, 4.69) is 0 Å². The zero-order valence-corrected chi connectivity index (χ0v) is 10.0. The van der Waals surface area contributed by atoms with Crippen LogP contribution in [-0.2, 0) is 19.2 Å². The van der Waals surface area contributed by atoms with Gasteiger partial charge in [0.15, 0.2) is 0 Å². The Hall–Kier alpha value is -0.795. The molecule has 0 saturated heterocycles. The van der Waals surface area contributed by atoms with E-state index in [9.17, 15) is 0 Å². The summed E-state index contributed by atoms with van der Waals surface area (Å²) in [6, 6.07) is 0. The van der Waals surface area contributed by atoms with Gasteiger partial charge in [-0.15, -0.1) is 0 Å². The van der Waals surface area contributed by atoms with Crippen molar-refractivity contribution in [2.24, 2.45) is 0 Å². The van der Waals surface area contributed by atoms with Crippen LogP contribution in [0.3, 0.4) is 0 Å². The fourth-order valence-corrected chi connectivity index (χ4v) is 0. The Balaban J connectivity index is -0.000000143. The molecule has 8 nitrogen and oxygen atoms in total. The first-order valence-corrected chi connectivity index (χ1v) is 2.21. The molecule has 0 aromatic carbocycles. The number of carbonyl (C=O) groups is 4. The Kier molecular flexibility index (Phi) is 12.9. The first-order valence-electron chi connectivity index (χ1n) is 2.21. The van der Waals surface area contributed by atoms with E-state index in [-0.39, 0.29) is 39.9 Å². The predicted octanol–water partition coefficient (Wildman–Crippen LogP) is -1.69. The number of rotatable bonds is 0. The molecule has 0 aliphatic rings. The topological polar surface area (TPSA) is 149 Å². The van der Waals surface area contributed by atoms with Gasteiger partial charge in [0.25, 0.3) is 0 Å². The first-order chi connectivity index (χ1) is 5.29. The van der Waals surface area contributed by atoms with Gasteiger partial charge in [0, 0.05) is 39.9 Å². The molecule has 0 amide bonds. The summed E-state index contributed by atoms with van der Waals surface area (Å²) in [4.78, 5) is 36.4. The minimum atomic E-state index is -1.82. The van der Waals surface area contributed by atoms with Crippen LogP contribution >= 0.6 is 0 Å². The summed E-state index contributed by atoms with van der Waals surface area (Å²) in [6.45, 7) is 0. The minimum Gasteiger partial charge on any atom is -0.473 e. The molecule has 0 aromatic rings. The van der Waals surface area contributed by atoms with Gasteiger partial charge in [-0.3, -0.25) is 0 Å². The van der Waals surface area contributed by atoms with Gasteiger partial charge in [-0.1, -0.05) is 0 Å². The average molecular weight is 412 g/mol. The van der Waals surface area contributed by atoms with Crippen LogP contribution in [0.15, 0.2) is 0 Å². The van der Waals surface area contributed by atoms with E-state index in [1.807, 2.05) is 0 Å². The Morgan fingerprint density at radius 1 is 0.538 bits per heavy atom. The van der Waals surface area contributed by atoms with Crippen LogP contribution in [-0.4, -0.2) is 44.3 Å². The minimum absolute atomic E-state index is 0. The number of hydrogen-bond donors (Lipinski definition) is 4. The molecule has 0 radical (unpaired) electrons. The van der Waals surface area contributed by atoms with Crippen LogP contribution in [0.1, 0.15) is 0 Å². The van der Waals surface area contributed by atoms with E-state index in [1.54, 1.807) is 0 Å². The van der Waals surface area contributed by atoms with E-state index >= 15 is 0 Å². The second-order valence-electron chi connectivity index (χ2n) is 1.22. The monoisotopic (exact) mass is 412 g/mol. The Morgan fingerprint density at radius 3 is 0.615 bits per heavy atom. The third kappa shape index (κ3) is 18.3. The van der Waals surface area contributed by atoms with Crippen molar-refractivity contribution in [3.63, 3.8) is 0 Å². The number of aliphatic carboxylic acids is 4. The fourth-order valence-electron chi connectivity index (χ4n) is 0. The molecule has 13 heavy (non-hydrogen) atoms. The van der Waals surface area contributed by atoms with Gasteiger partial charge in [-0.2, -0.15) is 0 Å². The van der Waals surface area contributed by atoms with Gasteiger partial charge in [0.05, 0.1) is 0 Å². The van der Waals surface area contributed by atoms with Crippen molar-refractivity contribution in [2.75, 3.05) is 0 Å². The molecule has 72 valence electrons. The standard InChI is InChI=1S/2C2H2O4.Th/c2*3-1(4)2(5)6;/h2*(H,3,4)(H,5,6);. The van der Waals surface area contributed by atoms with Crippen LogP contribution in [0.2, 0.25) is 0 Å². The van der Waals surface area contributed by atoms with E-state index < -0.39 is 23.9 Å². The second-order valence-corrected chi connectivity index (χ2v) is 1.22. The Labute approximate surface area is 103 Å². The molecule has 0 aliphatic carbocycles. The van der Waals surface area contributed by atoms with E-state index in [0.29, 0.717) is 0 Å². The van der Waals surface area contributed by atoms with Gasteiger partial charge in [0.1, 0.15) is 0 Å². The van der Waals surface area contributed by atoms with Crippen molar-refractivity contribution >= 4 is 23.9 Å². The van der Waals surface area contributed by atoms with Gasteiger partial charge >= 0.3 is 23.9 Å². The van der Waals surface area contributed by atoms with Gasteiger partial charge < -0.3 is 20.4 Å². The largest absolute Gasteiger partial charge is 0.473 e. The summed E-state index contributed by atoms with van der Waals surface area (Å²) in [7, 11) is 0. The molecular weight excluding hydrogens is 408 g/mol. The summed E-state index contributed by atoms with van der Waals surface area (Å²) in [5.41, 5.74) is 0. The third-order valence-electron chi connectivity index (χ3n) is 0.366. The van der Waals surface area contributed by atoms with Crippen LogP contribution < -0.4 is 0 Å². The van der Waals surface area contributed by atoms with Crippen molar-refractivity contribution in [3.05, 3.63) is 0 Å². The maximum atomic E-state index is 9.10.